The second-order valence-electron chi connectivity index (χ2n) is 4.61. The summed E-state index contributed by atoms with van der Waals surface area (Å²) in [5.41, 5.74) is 6.94. The summed E-state index contributed by atoms with van der Waals surface area (Å²) in [6, 6.07) is 12.6. The lowest BCUT2D eigenvalue weighted by Crippen LogP contribution is -2.25. The van der Waals surface area contributed by atoms with Gasteiger partial charge in [0.05, 0.1) is 7.11 Å². The predicted molar refractivity (Wildman–Crippen MR) is 104 cm³/mol. The number of rotatable bonds is 5. The molecule has 8 heteroatoms. The number of benzene rings is 2. The van der Waals surface area contributed by atoms with E-state index < -0.39 is 0 Å². The van der Waals surface area contributed by atoms with Crippen molar-refractivity contribution in [3.8, 4) is 5.75 Å². The second-order valence-corrected chi connectivity index (χ2v) is 4.61. The number of ether oxygens (including phenoxy) is 1. The molecule has 0 aromatic heterocycles. The summed E-state index contributed by atoms with van der Waals surface area (Å²) in [5.74, 6) is 0.124. The van der Waals surface area contributed by atoms with Gasteiger partial charge in [0.1, 0.15) is 18.1 Å². The summed E-state index contributed by atoms with van der Waals surface area (Å²) < 4.78 is 17.8. The van der Waals surface area contributed by atoms with E-state index in [4.69, 9.17) is 10.5 Å². The van der Waals surface area contributed by atoms with Gasteiger partial charge in [0, 0.05) is 11.4 Å². The van der Waals surface area contributed by atoms with Crippen LogP contribution in [-0.2, 0) is 4.79 Å². The Bertz CT molecular complexity index is 690. The summed E-state index contributed by atoms with van der Waals surface area (Å²) in [4.78, 5) is 15.7. The van der Waals surface area contributed by atoms with Crippen molar-refractivity contribution < 1.29 is 13.9 Å². The number of guanidine groups is 1. The number of nitrogens with two attached hydrogens (primary N) is 1. The molecule has 2 aromatic carbocycles. The maximum Gasteiger partial charge on any atom is 0.246 e. The third-order valence-corrected chi connectivity index (χ3v) is 2.88. The van der Waals surface area contributed by atoms with Crippen LogP contribution in [-0.4, -0.2) is 25.5 Å². The van der Waals surface area contributed by atoms with Gasteiger partial charge in [0.25, 0.3) is 0 Å². The van der Waals surface area contributed by atoms with Crippen molar-refractivity contribution in [1.82, 2.24) is 0 Å². The minimum absolute atomic E-state index is 0. The Balaban J connectivity index is 0.00000288. The molecule has 0 heterocycles. The molecule has 0 aliphatic heterocycles. The van der Waals surface area contributed by atoms with E-state index in [1.54, 1.807) is 31.4 Å². The fourth-order valence-corrected chi connectivity index (χ4v) is 1.75. The average molecular weight is 444 g/mol. The number of carbonyl (C=O) groups excluding carboxylic acids is 1. The van der Waals surface area contributed by atoms with Crippen LogP contribution in [0.3, 0.4) is 0 Å². The minimum Gasteiger partial charge on any atom is -0.497 e. The Morgan fingerprint density at radius 1 is 1.08 bits per heavy atom. The number of carbonyl (C=O) groups is 1. The summed E-state index contributed by atoms with van der Waals surface area (Å²) in [5, 5.41) is 5.45. The third-order valence-electron chi connectivity index (χ3n) is 2.88. The number of hydrogen-bond donors (Lipinski definition) is 3. The van der Waals surface area contributed by atoms with E-state index in [9.17, 15) is 9.18 Å². The zero-order valence-corrected chi connectivity index (χ0v) is 15.3. The lowest BCUT2D eigenvalue weighted by atomic mass is 10.3. The predicted octanol–water partition coefficient (Wildman–Crippen LogP) is 2.82. The molecule has 0 spiro atoms. The van der Waals surface area contributed by atoms with Crippen molar-refractivity contribution in [2.45, 2.75) is 0 Å². The van der Waals surface area contributed by atoms with Crippen LogP contribution in [0.5, 0.6) is 5.75 Å². The zero-order chi connectivity index (χ0) is 16.7. The molecule has 1 amide bonds. The highest BCUT2D eigenvalue weighted by Gasteiger charge is 2.02. The molecule has 0 fully saturated rings. The molecule has 0 unspecified atom stereocenters. The molecule has 0 bridgehead atoms. The SMILES string of the molecule is COc1ccc(NC(N)=NCC(=O)Nc2ccc(F)cc2)cc1.I. The Morgan fingerprint density at radius 3 is 2.21 bits per heavy atom. The smallest absolute Gasteiger partial charge is 0.246 e. The normalized spacial score (nSPS) is 10.5. The molecular formula is C16H18FIN4O2. The van der Waals surface area contributed by atoms with Crippen LogP contribution in [0.4, 0.5) is 15.8 Å². The first kappa shape index (κ1) is 19.7. The fourth-order valence-electron chi connectivity index (χ4n) is 1.75. The van der Waals surface area contributed by atoms with Crippen molar-refractivity contribution in [2.24, 2.45) is 10.7 Å². The van der Waals surface area contributed by atoms with E-state index in [2.05, 4.69) is 15.6 Å². The van der Waals surface area contributed by atoms with Crippen LogP contribution < -0.4 is 21.1 Å². The van der Waals surface area contributed by atoms with Crippen molar-refractivity contribution in [3.05, 3.63) is 54.3 Å². The van der Waals surface area contributed by atoms with E-state index in [0.29, 0.717) is 5.69 Å². The van der Waals surface area contributed by atoms with Crippen molar-refractivity contribution in [3.63, 3.8) is 0 Å². The molecule has 6 nitrogen and oxygen atoms in total. The van der Waals surface area contributed by atoms with E-state index in [1.807, 2.05) is 0 Å². The zero-order valence-electron chi connectivity index (χ0n) is 13.0. The lowest BCUT2D eigenvalue weighted by Gasteiger charge is -2.07. The molecule has 0 aliphatic rings. The van der Waals surface area contributed by atoms with Crippen LogP contribution in [0.25, 0.3) is 0 Å². The van der Waals surface area contributed by atoms with Gasteiger partial charge < -0.3 is 21.1 Å². The van der Waals surface area contributed by atoms with Crippen molar-refractivity contribution in [2.75, 3.05) is 24.3 Å². The summed E-state index contributed by atoms with van der Waals surface area (Å²) >= 11 is 0. The highest BCUT2D eigenvalue weighted by molar-refractivity contribution is 14.0. The quantitative estimate of drug-likeness (QED) is 0.376. The van der Waals surface area contributed by atoms with Gasteiger partial charge in [0.15, 0.2) is 5.96 Å². The first-order chi connectivity index (χ1) is 11.1. The van der Waals surface area contributed by atoms with E-state index in [-0.39, 0.29) is 48.2 Å². The van der Waals surface area contributed by atoms with Crippen LogP contribution in [0, 0.1) is 5.82 Å². The highest BCUT2D eigenvalue weighted by atomic mass is 127. The van der Waals surface area contributed by atoms with Crippen LogP contribution >= 0.6 is 24.0 Å². The molecule has 0 aliphatic carbocycles. The first-order valence-corrected chi connectivity index (χ1v) is 6.83. The molecule has 2 rings (SSSR count). The molecule has 2 aromatic rings. The van der Waals surface area contributed by atoms with Crippen molar-refractivity contribution in [1.29, 1.82) is 0 Å². The number of methoxy groups -OCH3 is 1. The summed E-state index contributed by atoms with van der Waals surface area (Å²) in [7, 11) is 1.58. The summed E-state index contributed by atoms with van der Waals surface area (Å²) in [6.45, 7) is -0.146. The molecule has 0 saturated heterocycles. The average Bonchev–Trinajstić information content (AvgIpc) is 2.56. The largest absolute Gasteiger partial charge is 0.497 e. The number of aliphatic imine (C=N–C) groups is 1. The van der Waals surface area contributed by atoms with Gasteiger partial charge in [-0.05, 0) is 48.5 Å². The number of hydrogen-bond acceptors (Lipinski definition) is 3. The number of nitrogens with zero attached hydrogens (tertiary/aromatic N) is 1. The molecule has 0 atom stereocenters. The van der Waals surface area contributed by atoms with Crippen LogP contribution in [0.2, 0.25) is 0 Å². The fraction of sp³-hybridized carbons (Fsp3) is 0.125. The van der Waals surface area contributed by atoms with Crippen LogP contribution in [0.1, 0.15) is 0 Å². The molecule has 128 valence electrons. The number of anilines is 2. The monoisotopic (exact) mass is 444 g/mol. The Morgan fingerprint density at radius 2 is 1.62 bits per heavy atom. The van der Waals surface area contributed by atoms with Gasteiger partial charge >= 0.3 is 0 Å². The van der Waals surface area contributed by atoms with Crippen LogP contribution in [0.15, 0.2) is 53.5 Å². The van der Waals surface area contributed by atoms with E-state index >= 15 is 0 Å². The number of nitrogens with one attached hydrogen (secondary N) is 2. The van der Waals surface area contributed by atoms with E-state index in [1.165, 1.54) is 24.3 Å². The highest BCUT2D eigenvalue weighted by Crippen LogP contribution is 2.14. The third kappa shape index (κ3) is 6.41. The van der Waals surface area contributed by atoms with Gasteiger partial charge in [-0.15, -0.1) is 24.0 Å². The topological polar surface area (TPSA) is 88.7 Å². The van der Waals surface area contributed by atoms with Gasteiger partial charge in [-0.25, -0.2) is 9.38 Å². The number of amides is 1. The van der Waals surface area contributed by atoms with E-state index in [0.717, 1.165) is 11.4 Å². The van der Waals surface area contributed by atoms with Gasteiger partial charge in [-0.2, -0.15) is 0 Å². The molecule has 4 N–H and O–H groups in total. The Labute approximate surface area is 156 Å². The van der Waals surface area contributed by atoms with Gasteiger partial charge in [0.2, 0.25) is 5.91 Å². The molecule has 0 saturated carbocycles. The van der Waals surface area contributed by atoms with Crippen molar-refractivity contribution >= 4 is 47.2 Å². The maximum atomic E-state index is 12.8. The standard InChI is InChI=1S/C16H17FN4O2.HI/c1-23-14-8-6-13(7-9-14)21-16(18)19-10-15(22)20-12-4-2-11(17)3-5-12;/h2-9H,10H2,1H3,(H,20,22)(H3,18,19,21);1H. The lowest BCUT2D eigenvalue weighted by molar-refractivity contribution is -0.114. The van der Waals surface area contributed by atoms with Gasteiger partial charge in [-0.3, -0.25) is 4.79 Å². The molecular weight excluding hydrogens is 426 g/mol. The second kappa shape index (κ2) is 9.71. The summed E-state index contributed by atoms with van der Waals surface area (Å²) in [6.07, 6.45) is 0. The molecule has 24 heavy (non-hydrogen) atoms. The van der Waals surface area contributed by atoms with Gasteiger partial charge in [-0.1, -0.05) is 0 Å². The first-order valence-electron chi connectivity index (χ1n) is 6.83. The maximum absolute atomic E-state index is 12.8. The molecule has 0 radical (unpaired) electrons. The minimum atomic E-state index is -0.367. The Kier molecular flexibility index (Phi) is 7.96. The Hall–Kier alpha value is -2.36. The number of halogens is 2.